The summed E-state index contributed by atoms with van der Waals surface area (Å²) in [6.45, 7) is 3.25. The summed E-state index contributed by atoms with van der Waals surface area (Å²) in [5.41, 5.74) is 1.76. The first-order valence-electron chi connectivity index (χ1n) is 7.90. The molecule has 2 heterocycles. The van der Waals surface area contributed by atoms with E-state index in [9.17, 15) is 14.0 Å². The highest BCUT2D eigenvalue weighted by Gasteiger charge is 2.20. The fourth-order valence-corrected chi connectivity index (χ4v) is 3.09. The number of carbonyl (C=O) groups is 2. The van der Waals surface area contributed by atoms with Crippen LogP contribution in [0.2, 0.25) is 0 Å². The number of nitrogens with one attached hydrogen (secondary N) is 2. The third kappa shape index (κ3) is 3.21. The lowest BCUT2D eigenvalue weighted by Gasteiger charge is -2.26. The number of rotatable bonds is 3. The number of piperidine rings is 1. The Kier molecular flexibility index (Phi) is 4.32. The molecule has 0 radical (unpaired) electrons. The van der Waals surface area contributed by atoms with Crippen LogP contribution in [-0.4, -0.2) is 41.3 Å². The van der Waals surface area contributed by atoms with Crippen LogP contribution in [0.15, 0.2) is 18.2 Å². The molecule has 1 aliphatic rings. The molecule has 122 valence electrons. The molecule has 0 unspecified atom stereocenters. The number of hydrogen-bond donors (Lipinski definition) is 2. The van der Waals surface area contributed by atoms with Gasteiger partial charge in [0, 0.05) is 29.7 Å². The molecule has 0 saturated carbocycles. The van der Waals surface area contributed by atoms with Gasteiger partial charge >= 0.3 is 0 Å². The maximum atomic E-state index is 13.4. The number of aromatic amines is 1. The summed E-state index contributed by atoms with van der Waals surface area (Å²) < 4.78 is 13.4. The molecule has 1 aliphatic heterocycles. The number of halogens is 1. The van der Waals surface area contributed by atoms with Crippen molar-refractivity contribution in [3.63, 3.8) is 0 Å². The van der Waals surface area contributed by atoms with E-state index >= 15 is 0 Å². The first-order chi connectivity index (χ1) is 11.1. The van der Waals surface area contributed by atoms with Gasteiger partial charge in [-0.2, -0.15) is 0 Å². The van der Waals surface area contributed by atoms with Gasteiger partial charge in [0.25, 0.3) is 5.91 Å². The van der Waals surface area contributed by atoms with Crippen molar-refractivity contribution in [2.24, 2.45) is 0 Å². The number of aryl methyl sites for hydroxylation is 1. The van der Waals surface area contributed by atoms with Gasteiger partial charge in [0.1, 0.15) is 5.82 Å². The summed E-state index contributed by atoms with van der Waals surface area (Å²) in [7, 11) is 0. The highest BCUT2D eigenvalue weighted by Crippen LogP contribution is 2.23. The summed E-state index contributed by atoms with van der Waals surface area (Å²) in [5, 5.41) is 3.19. The van der Waals surface area contributed by atoms with Crippen LogP contribution < -0.4 is 5.32 Å². The Bertz CT molecular complexity index is 748. The second-order valence-electron chi connectivity index (χ2n) is 5.94. The SMILES string of the molecule is Cc1[nH]c2ccc(F)cc2c1C(=O)NCC(=O)N1CCCCC1. The second-order valence-corrected chi connectivity index (χ2v) is 5.94. The monoisotopic (exact) mass is 317 g/mol. The van der Waals surface area contributed by atoms with Crippen LogP contribution in [0.1, 0.15) is 35.3 Å². The molecule has 1 saturated heterocycles. The van der Waals surface area contributed by atoms with E-state index < -0.39 is 5.82 Å². The van der Waals surface area contributed by atoms with Gasteiger partial charge in [-0.25, -0.2) is 4.39 Å². The van der Waals surface area contributed by atoms with Crippen molar-refractivity contribution in [3.8, 4) is 0 Å². The van der Waals surface area contributed by atoms with Crippen molar-refractivity contribution in [2.45, 2.75) is 26.2 Å². The number of hydrogen-bond acceptors (Lipinski definition) is 2. The Balaban J connectivity index is 1.72. The Hall–Kier alpha value is -2.37. The molecule has 5 nitrogen and oxygen atoms in total. The van der Waals surface area contributed by atoms with Gasteiger partial charge in [0.05, 0.1) is 12.1 Å². The summed E-state index contributed by atoms with van der Waals surface area (Å²) in [6.07, 6.45) is 3.18. The number of H-pyrrole nitrogens is 1. The Morgan fingerprint density at radius 1 is 1.26 bits per heavy atom. The minimum Gasteiger partial charge on any atom is -0.358 e. The van der Waals surface area contributed by atoms with E-state index in [4.69, 9.17) is 0 Å². The van der Waals surface area contributed by atoms with Crippen molar-refractivity contribution >= 4 is 22.7 Å². The predicted octanol–water partition coefficient (Wildman–Crippen LogP) is 2.36. The molecule has 2 aromatic rings. The number of amides is 2. The standard InChI is InChI=1S/C17H20FN3O2/c1-11-16(13-9-12(18)5-6-14(13)20-11)17(23)19-10-15(22)21-7-3-2-4-8-21/h5-6,9,20H,2-4,7-8,10H2,1H3,(H,19,23). The molecule has 1 fully saturated rings. The van der Waals surface area contributed by atoms with E-state index in [0.29, 0.717) is 22.2 Å². The van der Waals surface area contributed by atoms with Gasteiger partial charge in [-0.15, -0.1) is 0 Å². The normalized spacial score (nSPS) is 15.0. The van der Waals surface area contributed by atoms with E-state index in [1.807, 2.05) is 0 Å². The minimum absolute atomic E-state index is 0.0275. The lowest BCUT2D eigenvalue weighted by molar-refractivity contribution is -0.130. The molecule has 0 aliphatic carbocycles. The third-order valence-corrected chi connectivity index (χ3v) is 4.28. The zero-order valence-electron chi connectivity index (χ0n) is 13.1. The van der Waals surface area contributed by atoms with E-state index in [1.54, 1.807) is 17.9 Å². The maximum Gasteiger partial charge on any atom is 0.254 e. The van der Waals surface area contributed by atoms with Crippen molar-refractivity contribution in [2.75, 3.05) is 19.6 Å². The Morgan fingerprint density at radius 3 is 2.74 bits per heavy atom. The molecule has 0 bridgehead atoms. The lowest BCUT2D eigenvalue weighted by atomic mass is 10.1. The summed E-state index contributed by atoms with van der Waals surface area (Å²) >= 11 is 0. The smallest absolute Gasteiger partial charge is 0.254 e. The molecule has 6 heteroatoms. The van der Waals surface area contributed by atoms with Gasteiger partial charge in [-0.1, -0.05) is 0 Å². The second kappa shape index (κ2) is 6.40. The van der Waals surface area contributed by atoms with E-state index in [-0.39, 0.29) is 18.4 Å². The van der Waals surface area contributed by atoms with Gasteiger partial charge in [-0.3, -0.25) is 9.59 Å². The molecular weight excluding hydrogens is 297 g/mol. The Morgan fingerprint density at radius 2 is 2.00 bits per heavy atom. The molecule has 1 aromatic carbocycles. The summed E-state index contributed by atoms with van der Waals surface area (Å²) in [4.78, 5) is 29.4. The lowest BCUT2D eigenvalue weighted by Crippen LogP contribution is -2.42. The van der Waals surface area contributed by atoms with Crippen molar-refractivity contribution < 1.29 is 14.0 Å². The average molecular weight is 317 g/mol. The summed E-state index contributed by atoms with van der Waals surface area (Å²) in [6, 6.07) is 4.29. The van der Waals surface area contributed by atoms with Gasteiger partial charge in [0.15, 0.2) is 0 Å². The fraction of sp³-hybridized carbons (Fsp3) is 0.412. The predicted molar refractivity (Wildman–Crippen MR) is 85.8 cm³/mol. The van der Waals surface area contributed by atoms with E-state index in [1.165, 1.54) is 12.1 Å². The first kappa shape index (κ1) is 15.5. The molecule has 1 aromatic heterocycles. The largest absolute Gasteiger partial charge is 0.358 e. The summed E-state index contributed by atoms with van der Waals surface area (Å²) in [5.74, 6) is -0.818. The quantitative estimate of drug-likeness (QED) is 0.913. The molecular formula is C17H20FN3O2. The van der Waals surface area contributed by atoms with Gasteiger partial charge in [-0.05, 0) is 44.4 Å². The van der Waals surface area contributed by atoms with Crippen LogP contribution in [0.25, 0.3) is 10.9 Å². The number of benzene rings is 1. The first-order valence-corrected chi connectivity index (χ1v) is 7.90. The molecule has 2 amide bonds. The zero-order valence-corrected chi connectivity index (χ0v) is 13.1. The number of fused-ring (bicyclic) bond motifs is 1. The van der Waals surface area contributed by atoms with E-state index in [0.717, 1.165) is 32.4 Å². The van der Waals surface area contributed by atoms with Crippen LogP contribution in [0.3, 0.4) is 0 Å². The van der Waals surface area contributed by atoms with Crippen LogP contribution in [0, 0.1) is 12.7 Å². The highest BCUT2D eigenvalue weighted by atomic mass is 19.1. The number of carbonyl (C=O) groups excluding carboxylic acids is 2. The molecule has 0 spiro atoms. The van der Waals surface area contributed by atoms with Crippen molar-refractivity contribution in [1.29, 1.82) is 0 Å². The maximum absolute atomic E-state index is 13.4. The van der Waals surface area contributed by atoms with E-state index in [2.05, 4.69) is 10.3 Å². The van der Waals surface area contributed by atoms with Crippen LogP contribution >= 0.6 is 0 Å². The minimum atomic E-state index is -0.394. The average Bonchev–Trinajstić information content (AvgIpc) is 2.88. The van der Waals surface area contributed by atoms with Crippen molar-refractivity contribution in [1.82, 2.24) is 15.2 Å². The van der Waals surface area contributed by atoms with Gasteiger partial charge in [0.2, 0.25) is 5.91 Å². The fourth-order valence-electron chi connectivity index (χ4n) is 3.09. The number of aromatic nitrogens is 1. The van der Waals surface area contributed by atoms with Gasteiger partial charge < -0.3 is 15.2 Å². The topological polar surface area (TPSA) is 65.2 Å². The van der Waals surface area contributed by atoms with Crippen LogP contribution in [-0.2, 0) is 4.79 Å². The number of likely N-dealkylation sites (tertiary alicyclic amines) is 1. The van der Waals surface area contributed by atoms with Crippen molar-refractivity contribution in [3.05, 3.63) is 35.3 Å². The molecule has 23 heavy (non-hydrogen) atoms. The third-order valence-electron chi connectivity index (χ3n) is 4.28. The van der Waals surface area contributed by atoms with Crippen LogP contribution in [0.4, 0.5) is 4.39 Å². The zero-order chi connectivity index (χ0) is 16.4. The molecule has 3 rings (SSSR count). The molecule has 2 N–H and O–H groups in total. The Labute approximate surface area is 133 Å². The number of nitrogens with zero attached hydrogens (tertiary/aromatic N) is 1. The van der Waals surface area contributed by atoms with Crippen LogP contribution in [0.5, 0.6) is 0 Å². The molecule has 0 atom stereocenters. The highest BCUT2D eigenvalue weighted by molar-refractivity contribution is 6.08.